The monoisotopic (exact) mass is 210 g/mol. The van der Waals surface area contributed by atoms with Crippen LogP contribution in [0.5, 0.6) is 0 Å². The molecule has 0 fully saturated rings. The molecule has 0 aliphatic rings. The summed E-state index contributed by atoms with van der Waals surface area (Å²) >= 11 is 0. The lowest BCUT2D eigenvalue weighted by atomic mass is 10.2. The Morgan fingerprint density at radius 2 is 2.20 bits per heavy atom. The molecule has 15 heavy (non-hydrogen) atoms. The number of ether oxygens (including phenoxy) is 1. The summed E-state index contributed by atoms with van der Waals surface area (Å²) in [4.78, 5) is 11.4. The third-order valence-electron chi connectivity index (χ3n) is 2.00. The first-order valence-corrected chi connectivity index (χ1v) is 5.10. The van der Waals surface area contributed by atoms with Gasteiger partial charge in [0.25, 0.3) is 0 Å². The average molecular weight is 210 g/mol. The van der Waals surface area contributed by atoms with E-state index in [4.69, 9.17) is 10.5 Å². The number of rotatable bonds is 4. The maximum Gasteiger partial charge on any atom is 0.326 e. The highest BCUT2D eigenvalue weighted by atomic mass is 16.5. The number of nitrogens with zero attached hydrogens (tertiary/aromatic N) is 1. The van der Waals surface area contributed by atoms with Gasteiger partial charge in [-0.05, 0) is 32.9 Å². The molecule has 2 N–H and O–H groups in total. The third kappa shape index (κ3) is 3.40. The van der Waals surface area contributed by atoms with E-state index >= 15 is 0 Å². The topological polar surface area (TPSA) is 57.2 Å². The van der Waals surface area contributed by atoms with E-state index in [2.05, 4.69) is 0 Å². The minimum Gasteiger partial charge on any atom is -0.462 e. The zero-order valence-electron chi connectivity index (χ0n) is 9.43. The summed E-state index contributed by atoms with van der Waals surface area (Å²) in [7, 11) is 0. The lowest BCUT2D eigenvalue weighted by molar-refractivity contribution is -0.148. The Labute approximate surface area is 90.0 Å². The lowest BCUT2D eigenvalue weighted by Gasteiger charge is -2.12. The molecule has 0 radical (unpaired) electrons. The molecule has 1 rings (SSSR count). The fraction of sp³-hybridized carbons (Fsp3) is 0.545. The molecule has 0 spiro atoms. The first-order chi connectivity index (χ1) is 7.00. The zero-order chi connectivity index (χ0) is 11.4. The molecule has 0 amide bonds. The van der Waals surface area contributed by atoms with E-state index in [1.54, 1.807) is 0 Å². The van der Waals surface area contributed by atoms with Crippen molar-refractivity contribution >= 4 is 5.97 Å². The molecule has 1 aromatic heterocycles. The summed E-state index contributed by atoms with van der Waals surface area (Å²) in [5, 5.41) is 0. The Bertz CT molecular complexity index is 329. The Balaban J connectivity index is 2.64. The molecule has 0 saturated carbocycles. The largest absolute Gasteiger partial charge is 0.462 e. The van der Waals surface area contributed by atoms with Crippen LogP contribution < -0.4 is 5.73 Å². The number of aromatic nitrogens is 1. The molecular formula is C11H18N2O2. The van der Waals surface area contributed by atoms with Crippen molar-refractivity contribution in [3.8, 4) is 0 Å². The van der Waals surface area contributed by atoms with Crippen LogP contribution in [0.25, 0.3) is 0 Å². The second-order valence-electron chi connectivity index (χ2n) is 3.89. The Morgan fingerprint density at radius 3 is 2.73 bits per heavy atom. The Kier molecular flexibility index (Phi) is 3.91. The SMILES string of the molecule is CC(C)OC(=O)Cn1cccc1C(C)N. The summed E-state index contributed by atoms with van der Waals surface area (Å²) in [6.07, 6.45) is 1.76. The van der Waals surface area contributed by atoms with Gasteiger partial charge < -0.3 is 15.0 Å². The fourth-order valence-corrected chi connectivity index (χ4v) is 1.42. The van der Waals surface area contributed by atoms with Crippen LogP contribution in [0.3, 0.4) is 0 Å². The van der Waals surface area contributed by atoms with Gasteiger partial charge in [-0.1, -0.05) is 0 Å². The van der Waals surface area contributed by atoms with Gasteiger partial charge in [0, 0.05) is 17.9 Å². The second-order valence-corrected chi connectivity index (χ2v) is 3.89. The highest BCUT2D eigenvalue weighted by Crippen LogP contribution is 2.10. The Hall–Kier alpha value is -1.29. The number of hydrogen-bond donors (Lipinski definition) is 1. The van der Waals surface area contributed by atoms with E-state index in [1.807, 2.05) is 43.7 Å². The molecule has 0 aromatic carbocycles. The standard InChI is InChI=1S/C11H18N2O2/c1-8(2)15-11(14)7-13-6-4-5-10(13)9(3)12/h4-6,8-9H,7,12H2,1-3H3. The molecule has 4 nitrogen and oxygen atoms in total. The highest BCUT2D eigenvalue weighted by molar-refractivity contribution is 5.69. The molecule has 0 saturated heterocycles. The van der Waals surface area contributed by atoms with Crippen molar-refractivity contribution in [3.05, 3.63) is 24.0 Å². The van der Waals surface area contributed by atoms with E-state index < -0.39 is 0 Å². The van der Waals surface area contributed by atoms with Gasteiger partial charge in [0.2, 0.25) is 0 Å². The van der Waals surface area contributed by atoms with Crippen molar-refractivity contribution in [3.63, 3.8) is 0 Å². The number of hydrogen-bond acceptors (Lipinski definition) is 3. The molecule has 1 heterocycles. The summed E-state index contributed by atoms with van der Waals surface area (Å²) in [6.45, 7) is 5.78. The minimum absolute atomic E-state index is 0.0770. The van der Waals surface area contributed by atoms with Gasteiger partial charge >= 0.3 is 5.97 Å². The van der Waals surface area contributed by atoms with Gasteiger partial charge in [-0.25, -0.2) is 0 Å². The predicted molar refractivity (Wildman–Crippen MR) is 58.3 cm³/mol. The van der Waals surface area contributed by atoms with Crippen LogP contribution in [0, 0.1) is 0 Å². The molecule has 0 aliphatic heterocycles. The first kappa shape index (κ1) is 11.8. The van der Waals surface area contributed by atoms with Crippen molar-refractivity contribution in [1.29, 1.82) is 0 Å². The van der Waals surface area contributed by atoms with Crippen LogP contribution in [0.4, 0.5) is 0 Å². The smallest absolute Gasteiger partial charge is 0.326 e. The van der Waals surface area contributed by atoms with Crippen LogP contribution in [0.1, 0.15) is 32.5 Å². The van der Waals surface area contributed by atoms with E-state index in [9.17, 15) is 4.79 Å². The van der Waals surface area contributed by atoms with E-state index in [-0.39, 0.29) is 24.7 Å². The van der Waals surface area contributed by atoms with Crippen LogP contribution in [-0.2, 0) is 16.1 Å². The maximum atomic E-state index is 11.4. The molecule has 4 heteroatoms. The van der Waals surface area contributed by atoms with E-state index in [0.717, 1.165) is 5.69 Å². The maximum absolute atomic E-state index is 11.4. The van der Waals surface area contributed by atoms with Crippen molar-refractivity contribution < 1.29 is 9.53 Å². The zero-order valence-corrected chi connectivity index (χ0v) is 9.43. The van der Waals surface area contributed by atoms with Crippen molar-refractivity contribution in [2.24, 2.45) is 5.73 Å². The number of carbonyl (C=O) groups is 1. The second kappa shape index (κ2) is 4.98. The van der Waals surface area contributed by atoms with E-state index in [0.29, 0.717) is 0 Å². The third-order valence-corrected chi connectivity index (χ3v) is 2.00. The number of nitrogens with two attached hydrogens (primary N) is 1. The molecule has 1 aromatic rings. The first-order valence-electron chi connectivity index (χ1n) is 5.10. The molecular weight excluding hydrogens is 192 g/mol. The summed E-state index contributed by atoms with van der Waals surface area (Å²) in [6, 6.07) is 3.71. The van der Waals surface area contributed by atoms with Crippen molar-refractivity contribution in [2.75, 3.05) is 0 Å². The average Bonchev–Trinajstić information content (AvgIpc) is 2.50. The number of carbonyl (C=O) groups excluding carboxylic acids is 1. The van der Waals surface area contributed by atoms with Crippen molar-refractivity contribution in [1.82, 2.24) is 4.57 Å². The molecule has 0 aliphatic carbocycles. The predicted octanol–water partition coefficient (Wildman–Crippen LogP) is 1.46. The van der Waals surface area contributed by atoms with Crippen molar-refractivity contribution in [2.45, 2.75) is 39.5 Å². The summed E-state index contributed by atoms with van der Waals surface area (Å²) in [5.74, 6) is -0.233. The summed E-state index contributed by atoms with van der Waals surface area (Å²) in [5.41, 5.74) is 6.70. The Morgan fingerprint density at radius 1 is 1.53 bits per heavy atom. The molecule has 1 atom stereocenters. The lowest BCUT2D eigenvalue weighted by Crippen LogP contribution is -2.20. The fourth-order valence-electron chi connectivity index (χ4n) is 1.42. The van der Waals surface area contributed by atoms with Gasteiger partial charge in [-0.15, -0.1) is 0 Å². The minimum atomic E-state index is -0.233. The molecule has 1 unspecified atom stereocenters. The van der Waals surface area contributed by atoms with Crippen LogP contribution in [-0.4, -0.2) is 16.6 Å². The molecule has 0 bridgehead atoms. The summed E-state index contributed by atoms with van der Waals surface area (Å²) < 4.78 is 6.87. The quantitative estimate of drug-likeness (QED) is 0.765. The van der Waals surface area contributed by atoms with Gasteiger partial charge in [-0.3, -0.25) is 4.79 Å². The van der Waals surface area contributed by atoms with Gasteiger partial charge in [0.15, 0.2) is 0 Å². The van der Waals surface area contributed by atoms with Gasteiger partial charge in [0.05, 0.1) is 6.10 Å². The van der Waals surface area contributed by atoms with Crippen LogP contribution >= 0.6 is 0 Å². The van der Waals surface area contributed by atoms with Gasteiger partial charge in [-0.2, -0.15) is 0 Å². The highest BCUT2D eigenvalue weighted by Gasteiger charge is 2.10. The van der Waals surface area contributed by atoms with Crippen LogP contribution in [0.15, 0.2) is 18.3 Å². The van der Waals surface area contributed by atoms with Gasteiger partial charge in [0.1, 0.15) is 6.54 Å². The van der Waals surface area contributed by atoms with Crippen LogP contribution in [0.2, 0.25) is 0 Å². The normalized spacial score (nSPS) is 12.9. The van der Waals surface area contributed by atoms with E-state index in [1.165, 1.54) is 0 Å². The molecule has 84 valence electrons. The number of esters is 1.